The summed E-state index contributed by atoms with van der Waals surface area (Å²) >= 11 is 6.31. The molecule has 3 aromatic rings. The van der Waals surface area contributed by atoms with Gasteiger partial charge in [0.25, 0.3) is 11.8 Å². The van der Waals surface area contributed by atoms with E-state index in [1.807, 2.05) is 75.4 Å². The van der Waals surface area contributed by atoms with Crippen LogP contribution in [0.3, 0.4) is 0 Å². The van der Waals surface area contributed by atoms with Gasteiger partial charge in [-0.1, -0.05) is 67.4 Å². The molecule has 0 aliphatic carbocycles. The second-order valence-corrected chi connectivity index (χ2v) is 9.26. The lowest BCUT2D eigenvalue weighted by Gasteiger charge is -2.17. The number of hydrogen-bond donors (Lipinski definition) is 1. The Balaban J connectivity index is 1.82. The first kappa shape index (κ1) is 22.8. The average Bonchev–Trinajstić information content (AvgIpc) is 3.00. The second kappa shape index (κ2) is 8.87. The number of amides is 2. The minimum atomic E-state index is -0.385. The number of carbonyl (C=O) groups excluding carboxylic acids is 2. The molecule has 0 radical (unpaired) electrons. The molecule has 1 N–H and O–H groups in total. The Kier molecular flexibility index (Phi) is 6.13. The fourth-order valence-electron chi connectivity index (χ4n) is 4.05. The van der Waals surface area contributed by atoms with Crippen molar-refractivity contribution in [1.29, 1.82) is 0 Å². The summed E-state index contributed by atoms with van der Waals surface area (Å²) < 4.78 is 0. The van der Waals surface area contributed by atoms with E-state index in [-0.39, 0.29) is 17.5 Å². The predicted octanol–water partition coefficient (Wildman–Crippen LogP) is 6.79. The monoisotopic (exact) mass is 458 g/mol. The van der Waals surface area contributed by atoms with E-state index in [9.17, 15) is 9.59 Å². The Morgan fingerprint density at radius 3 is 2.12 bits per heavy atom. The molecule has 1 aliphatic rings. The average molecular weight is 459 g/mol. The smallest absolute Gasteiger partial charge is 0.282 e. The molecule has 0 fully saturated rings. The van der Waals surface area contributed by atoms with Crippen LogP contribution in [0.1, 0.15) is 47.6 Å². The number of benzene rings is 3. The van der Waals surface area contributed by atoms with Gasteiger partial charge in [-0.3, -0.25) is 9.59 Å². The summed E-state index contributed by atoms with van der Waals surface area (Å²) in [6, 6.07) is 18.9. The van der Waals surface area contributed by atoms with Crippen molar-refractivity contribution in [3.63, 3.8) is 0 Å². The van der Waals surface area contributed by atoms with Crippen LogP contribution in [0.5, 0.6) is 0 Å². The molecule has 0 unspecified atom stereocenters. The Labute approximate surface area is 199 Å². The Bertz CT molecular complexity index is 1290. The van der Waals surface area contributed by atoms with Crippen LogP contribution in [0.25, 0.3) is 5.57 Å². The van der Waals surface area contributed by atoms with Crippen LogP contribution >= 0.6 is 11.6 Å². The molecule has 0 atom stereocenters. The molecule has 5 heteroatoms. The molecule has 2 amide bonds. The summed E-state index contributed by atoms with van der Waals surface area (Å²) in [4.78, 5) is 28.5. The molecule has 168 valence electrons. The van der Waals surface area contributed by atoms with E-state index in [1.54, 1.807) is 6.07 Å². The first-order valence-electron chi connectivity index (χ1n) is 11.0. The SMILES string of the molecule is Cc1ccc(C2=C(Nc3ccc(C)c(Cl)c3)C(=O)N(c3ccc(C(C)C)cc3)C2=O)c(C)c1. The Hall–Kier alpha value is -3.37. The van der Waals surface area contributed by atoms with Crippen molar-refractivity contribution in [3.8, 4) is 0 Å². The molecule has 0 saturated heterocycles. The lowest BCUT2D eigenvalue weighted by atomic mass is 9.97. The van der Waals surface area contributed by atoms with Gasteiger partial charge in [0.15, 0.2) is 0 Å². The highest BCUT2D eigenvalue weighted by Gasteiger charge is 2.40. The minimum Gasteiger partial charge on any atom is -0.350 e. The van der Waals surface area contributed by atoms with E-state index in [4.69, 9.17) is 11.6 Å². The zero-order valence-corrected chi connectivity index (χ0v) is 20.2. The lowest BCUT2D eigenvalue weighted by Crippen LogP contribution is -2.32. The number of nitrogens with one attached hydrogen (secondary N) is 1. The predicted molar refractivity (Wildman–Crippen MR) is 136 cm³/mol. The van der Waals surface area contributed by atoms with E-state index in [0.717, 1.165) is 27.8 Å². The summed E-state index contributed by atoms with van der Waals surface area (Å²) in [5.41, 5.74) is 6.66. The topological polar surface area (TPSA) is 49.4 Å². The summed E-state index contributed by atoms with van der Waals surface area (Å²) in [7, 11) is 0. The van der Waals surface area contributed by atoms with Crippen LogP contribution in [-0.2, 0) is 9.59 Å². The van der Waals surface area contributed by atoms with E-state index in [2.05, 4.69) is 19.2 Å². The number of halogens is 1. The molecule has 3 aromatic carbocycles. The van der Waals surface area contributed by atoms with Gasteiger partial charge in [-0.2, -0.15) is 0 Å². The van der Waals surface area contributed by atoms with E-state index in [1.165, 1.54) is 4.90 Å². The summed E-state index contributed by atoms with van der Waals surface area (Å²) in [5, 5.41) is 3.78. The number of aryl methyl sites for hydroxylation is 3. The van der Waals surface area contributed by atoms with E-state index >= 15 is 0 Å². The molecule has 0 saturated carbocycles. The minimum absolute atomic E-state index is 0.250. The number of nitrogens with zero attached hydrogens (tertiary/aromatic N) is 1. The summed E-state index contributed by atoms with van der Waals surface area (Å²) in [6.45, 7) is 10.1. The van der Waals surface area contributed by atoms with Crippen LogP contribution in [-0.4, -0.2) is 11.8 Å². The standard InChI is InChI=1S/C28H27ClN2O2/c1-16(2)20-8-11-22(12-9-20)31-27(32)25(23-13-6-17(3)14-19(23)5)26(28(31)33)30-21-10-7-18(4)24(29)15-21/h6-16,30H,1-5H3. The number of imide groups is 1. The second-order valence-electron chi connectivity index (χ2n) is 8.85. The highest BCUT2D eigenvalue weighted by Crippen LogP contribution is 2.36. The van der Waals surface area contributed by atoms with E-state index < -0.39 is 0 Å². The molecular weight excluding hydrogens is 432 g/mol. The first-order chi connectivity index (χ1) is 15.7. The summed E-state index contributed by atoms with van der Waals surface area (Å²) in [5.74, 6) is -0.370. The zero-order valence-electron chi connectivity index (χ0n) is 19.5. The van der Waals surface area contributed by atoms with Crippen molar-refractivity contribution in [2.24, 2.45) is 0 Å². The molecular formula is C28H27ClN2O2. The molecule has 0 aromatic heterocycles. The van der Waals surface area contributed by atoms with Crippen LogP contribution in [0.15, 0.2) is 66.4 Å². The van der Waals surface area contributed by atoms with Crippen molar-refractivity contribution in [3.05, 3.63) is 99.2 Å². The highest BCUT2D eigenvalue weighted by atomic mass is 35.5. The molecule has 0 bridgehead atoms. The Morgan fingerprint density at radius 1 is 0.818 bits per heavy atom. The largest absolute Gasteiger partial charge is 0.350 e. The van der Waals surface area contributed by atoms with Crippen molar-refractivity contribution < 1.29 is 9.59 Å². The zero-order chi connectivity index (χ0) is 23.9. The molecule has 1 aliphatic heterocycles. The van der Waals surface area contributed by atoms with Crippen LogP contribution in [0.2, 0.25) is 5.02 Å². The first-order valence-corrected chi connectivity index (χ1v) is 11.4. The van der Waals surface area contributed by atoms with E-state index in [0.29, 0.717) is 27.9 Å². The highest BCUT2D eigenvalue weighted by molar-refractivity contribution is 6.46. The molecule has 4 nitrogen and oxygen atoms in total. The maximum atomic E-state index is 13.7. The fraction of sp³-hybridized carbons (Fsp3) is 0.214. The van der Waals surface area contributed by atoms with Gasteiger partial charge in [0.05, 0.1) is 11.3 Å². The maximum Gasteiger partial charge on any atom is 0.282 e. The van der Waals surface area contributed by atoms with Crippen molar-refractivity contribution >= 4 is 40.4 Å². The fourth-order valence-corrected chi connectivity index (χ4v) is 4.23. The van der Waals surface area contributed by atoms with Gasteiger partial charge in [-0.15, -0.1) is 0 Å². The molecule has 33 heavy (non-hydrogen) atoms. The number of carbonyl (C=O) groups is 2. The van der Waals surface area contributed by atoms with Crippen LogP contribution < -0.4 is 10.2 Å². The normalized spacial score (nSPS) is 14.0. The van der Waals surface area contributed by atoms with Crippen molar-refractivity contribution in [2.45, 2.75) is 40.5 Å². The van der Waals surface area contributed by atoms with Crippen LogP contribution in [0, 0.1) is 20.8 Å². The lowest BCUT2D eigenvalue weighted by molar-refractivity contribution is -0.120. The van der Waals surface area contributed by atoms with Gasteiger partial charge in [-0.05, 0) is 73.2 Å². The van der Waals surface area contributed by atoms with Gasteiger partial charge >= 0.3 is 0 Å². The van der Waals surface area contributed by atoms with Gasteiger partial charge in [0.1, 0.15) is 5.70 Å². The quantitative estimate of drug-likeness (QED) is 0.428. The van der Waals surface area contributed by atoms with Gasteiger partial charge in [0, 0.05) is 10.7 Å². The van der Waals surface area contributed by atoms with Crippen molar-refractivity contribution in [1.82, 2.24) is 0 Å². The van der Waals surface area contributed by atoms with Crippen molar-refractivity contribution in [2.75, 3.05) is 10.2 Å². The summed E-state index contributed by atoms with van der Waals surface area (Å²) in [6.07, 6.45) is 0. The number of rotatable bonds is 5. The van der Waals surface area contributed by atoms with Crippen LogP contribution in [0.4, 0.5) is 11.4 Å². The van der Waals surface area contributed by atoms with Gasteiger partial charge in [0.2, 0.25) is 0 Å². The third kappa shape index (κ3) is 4.31. The number of anilines is 2. The molecule has 1 heterocycles. The third-order valence-corrected chi connectivity index (χ3v) is 6.40. The Morgan fingerprint density at radius 2 is 1.52 bits per heavy atom. The maximum absolute atomic E-state index is 13.7. The van der Waals surface area contributed by atoms with Gasteiger partial charge in [-0.25, -0.2) is 4.90 Å². The molecule has 0 spiro atoms. The molecule has 4 rings (SSSR count). The van der Waals surface area contributed by atoms with Gasteiger partial charge < -0.3 is 5.32 Å². The number of hydrogen-bond acceptors (Lipinski definition) is 3. The third-order valence-electron chi connectivity index (χ3n) is 5.99.